The molecule has 0 amide bonds. The quantitative estimate of drug-likeness (QED) is 0.532. The zero-order valence-corrected chi connectivity index (χ0v) is 13.6. The minimum absolute atomic E-state index is 0.354. The van der Waals surface area contributed by atoms with E-state index in [2.05, 4.69) is 16.6 Å². The summed E-state index contributed by atoms with van der Waals surface area (Å²) in [6.07, 6.45) is 1.74. The lowest BCUT2D eigenvalue weighted by Gasteiger charge is -2.08. The molecule has 25 heavy (non-hydrogen) atoms. The average molecular weight is 327 g/mol. The standard InChI is InChI=1S/C21H17N3O/c22-14-18-8-4-5-9-19(18)16-25-21-12-6-7-17(13-21)15-23-24-20-10-2-1-3-11-20/h1-13,15,24H,16H2. The molecular weight excluding hydrogens is 310 g/mol. The number of nitrogens with zero attached hydrogens (tertiary/aromatic N) is 2. The first-order chi connectivity index (χ1) is 12.3. The van der Waals surface area contributed by atoms with E-state index in [1.165, 1.54) is 0 Å². The number of nitriles is 1. The van der Waals surface area contributed by atoms with Gasteiger partial charge in [-0.3, -0.25) is 5.43 Å². The summed E-state index contributed by atoms with van der Waals surface area (Å²) in [5, 5.41) is 13.3. The fourth-order valence-corrected chi connectivity index (χ4v) is 2.29. The number of anilines is 1. The molecule has 4 nitrogen and oxygen atoms in total. The first-order valence-corrected chi connectivity index (χ1v) is 7.90. The van der Waals surface area contributed by atoms with Crippen molar-refractivity contribution in [3.8, 4) is 11.8 Å². The lowest BCUT2D eigenvalue weighted by Crippen LogP contribution is -1.98. The van der Waals surface area contributed by atoms with Crippen LogP contribution in [0.15, 0.2) is 84.0 Å². The van der Waals surface area contributed by atoms with Crippen LogP contribution in [0.25, 0.3) is 0 Å². The Morgan fingerprint density at radius 1 is 0.960 bits per heavy atom. The second kappa shape index (κ2) is 8.32. The van der Waals surface area contributed by atoms with Crippen molar-refractivity contribution in [2.24, 2.45) is 5.10 Å². The minimum atomic E-state index is 0.354. The SMILES string of the molecule is N#Cc1ccccc1COc1cccc(C=NNc2ccccc2)c1. The third-order valence-electron chi connectivity index (χ3n) is 3.57. The summed E-state index contributed by atoms with van der Waals surface area (Å²) in [5.74, 6) is 0.733. The lowest BCUT2D eigenvalue weighted by atomic mass is 10.1. The van der Waals surface area contributed by atoms with Crippen LogP contribution in [0.3, 0.4) is 0 Å². The van der Waals surface area contributed by atoms with Crippen molar-refractivity contribution in [1.82, 2.24) is 0 Å². The Kier molecular flexibility index (Phi) is 5.42. The third kappa shape index (κ3) is 4.69. The number of hydrazone groups is 1. The normalized spacial score (nSPS) is 10.4. The number of ether oxygens (including phenoxy) is 1. The summed E-state index contributed by atoms with van der Waals surface area (Å²) >= 11 is 0. The van der Waals surface area contributed by atoms with Gasteiger partial charge in [0.05, 0.1) is 23.5 Å². The maximum absolute atomic E-state index is 9.12. The largest absolute Gasteiger partial charge is 0.489 e. The van der Waals surface area contributed by atoms with E-state index >= 15 is 0 Å². The molecule has 122 valence electrons. The summed E-state index contributed by atoms with van der Waals surface area (Å²) in [7, 11) is 0. The van der Waals surface area contributed by atoms with Gasteiger partial charge in [-0.25, -0.2) is 0 Å². The van der Waals surface area contributed by atoms with Crippen LogP contribution < -0.4 is 10.2 Å². The minimum Gasteiger partial charge on any atom is -0.489 e. The summed E-state index contributed by atoms with van der Waals surface area (Å²) in [6, 6.07) is 27.0. The van der Waals surface area contributed by atoms with Crippen molar-refractivity contribution in [2.75, 3.05) is 5.43 Å². The number of hydrogen-bond acceptors (Lipinski definition) is 4. The van der Waals surface area contributed by atoms with E-state index in [-0.39, 0.29) is 0 Å². The smallest absolute Gasteiger partial charge is 0.120 e. The van der Waals surface area contributed by atoms with Crippen molar-refractivity contribution >= 4 is 11.9 Å². The van der Waals surface area contributed by atoms with Gasteiger partial charge in [0.2, 0.25) is 0 Å². The summed E-state index contributed by atoms with van der Waals surface area (Å²) in [4.78, 5) is 0. The summed E-state index contributed by atoms with van der Waals surface area (Å²) < 4.78 is 5.81. The van der Waals surface area contributed by atoms with Crippen molar-refractivity contribution in [3.63, 3.8) is 0 Å². The zero-order valence-electron chi connectivity index (χ0n) is 13.6. The highest BCUT2D eigenvalue weighted by molar-refractivity contribution is 5.80. The molecule has 0 aliphatic heterocycles. The Balaban J connectivity index is 1.62. The average Bonchev–Trinajstić information content (AvgIpc) is 2.68. The van der Waals surface area contributed by atoms with Gasteiger partial charge < -0.3 is 4.74 Å². The van der Waals surface area contributed by atoms with Gasteiger partial charge in [0.25, 0.3) is 0 Å². The van der Waals surface area contributed by atoms with Gasteiger partial charge in [-0.1, -0.05) is 48.5 Å². The molecule has 0 saturated heterocycles. The Hall–Kier alpha value is -3.58. The molecular formula is C21H17N3O. The lowest BCUT2D eigenvalue weighted by molar-refractivity contribution is 0.306. The Morgan fingerprint density at radius 2 is 1.76 bits per heavy atom. The van der Waals surface area contributed by atoms with Crippen LogP contribution >= 0.6 is 0 Å². The highest BCUT2D eigenvalue weighted by atomic mass is 16.5. The fourth-order valence-electron chi connectivity index (χ4n) is 2.29. The molecule has 0 fully saturated rings. The number of benzene rings is 3. The Labute approximate surface area is 147 Å². The molecule has 3 rings (SSSR count). The first-order valence-electron chi connectivity index (χ1n) is 7.90. The molecule has 0 bridgehead atoms. The van der Waals surface area contributed by atoms with E-state index in [1.54, 1.807) is 12.3 Å². The second-order valence-corrected chi connectivity index (χ2v) is 5.37. The third-order valence-corrected chi connectivity index (χ3v) is 3.57. The van der Waals surface area contributed by atoms with E-state index in [9.17, 15) is 0 Å². The van der Waals surface area contributed by atoms with Crippen LogP contribution in [-0.2, 0) is 6.61 Å². The predicted molar refractivity (Wildman–Crippen MR) is 99.6 cm³/mol. The number of nitrogens with one attached hydrogen (secondary N) is 1. The van der Waals surface area contributed by atoms with Crippen LogP contribution in [0.4, 0.5) is 5.69 Å². The summed E-state index contributed by atoms with van der Waals surface area (Å²) in [5.41, 5.74) is 6.34. The van der Waals surface area contributed by atoms with Gasteiger partial charge in [-0.2, -0.15) is 10.4 Å². The first kappa shape index (κ1) is 16.3. The molecule has 4 heteroatoms. The molecule has 0 aromatic heterocycles. The molecule has 3 aromatic carbocycles. The van der Waals surface area contributed by atoms with Gasteiger partial charge in [0, 0.05) is 5.56 Å². The topological polar surface area (TPSA) is 57.4 Å². The van der Waals surface area contributed by atoms with Crippen molar-refractivity contribution < 1.29 is 4.74 Å². The monoisotopic (exact) mass is 327 g/mol. The Bertz CT molecular complexity index is 898. The highest BCUT2D eigenvalue weighted by Gasteiger charge is 2.02. The number of rotatable bonds is 6. The van der Waals surface area contributed by atoms with Crippen molar-refractivity contribution in [1.29, 1.82) is 5.26 Å². The van der Waals surface area contributed by atoms with Crippen molar-refractivity contribution in [2.45, 2.75) is 6.61 Å². The number of hydrogen-bond donors (Lipinski definition) is 1. The molecule has 0 heterocycles. The van der Waals surface area contributed by atoms with Gasteiger partial charge in [-0.05, 0) is 35.9 Å². The molecule has 1 N–H and O–H groups in total. The maximum Gasteiger partial charge on any atom is 0.120 e. The van der Waals surface area contributed by atoms with Crippen LogP contribution in [0.1, 0.15) is 16.7 Å². The second-order valence-electron chi connectivity index (χ2n) is 5.37. The Morgan fingerprint density at radius 3 is 2.60 bits per heavy atom. The highest BCUT2D eigenvalue weighted by Crippen LogP contribution is 2.16. The molecule has 3 aromatic rings. The molecule has 0 aliphatic rings. The maximum atomic E-state index is 9.12. The molecule has 0 saturated carbocycles. The van der Waals surface area contributed by atoms with Gasteiger partial charge in [-0.15, -0.1) is 0 Å². The van der Waals surface area contributed by atoms with E-state index < -0.39 is 0 Å². The molecule has 0 atom stereocenters. The molecule has 0 radical (unpaired) electrons. The van der Waals surface area contributed by atoms with Crippen LogP contribution in [0.2, 0.25) is 0 Å². The van der Waals surface area contributed by atoms with Crippen molar-refractivity contribution in [3.05, 3.63) is 95.6 Å². The fraction of sp³-hybridized carbons (Fsp3) is 0.0476. The van der Waals surface area contributed by atoms with Gasteiger partial charge in [0.15, 0.2) is 0 Å². The van der Waals surface area contributed by atoms with E-state index in [0.717, 1.165) is 22.6 Å². The molecule has 0 aliphatic carbocycles. The van der Waals surface area contributed by atoms with Gasteiger partial charge >= 0.3 is 0 Å². The molecule has 0 unspecified atom stereocenters. The van der Waals surface area contributed by atoms with E-state index in [0.29, 0.717) is 12.2 Å². The van der Waals surface area contributed by atoms with Crippen LogP contribution in [-0.4, -0.2) is 6.21 Å². The van der Waals surface area contributed by atoms with E-state index in [1.807, 2.05) is 72.8 Å². The summed E-state index contributed by atoms with van der Waals surface area (Å²) in [6.45, 7) is 0.354. The van der Waals surface area contributed by atoms with Crippen LogP contribution in [0.5, 0.6) is 5.75 Å². The molecule has 0 spiro atoms. The number of para-hydroxylation sites is 1. The van der Waals surface area contributed by atoms with E-state index in [4.69, 9.17) is 10.00 Å². The van der Waals surface area contributed by atoms with Crippen LogP contribution in [0, 0.1) is 11.3 Å². The van der Waals surface area contributed by atoms with Gasteiger partial charge in [0.1, 0.15) is 12.4 Å². The predicted octanol–water partition coefficient (Wildman–Crippen LogP) is 4.58. The zero-order chi connectivity index (χ0) is 17.3.